The molecule has 0 radical (unpaired) electrons. The molecule has 0 saturated carbocycles. The van der Waals surface area contributed by atoms with Crippen LogP contribution in [0.1, 0.15) is 37.4 Å². The van der Waals surface area contributed by atoms with Crippen molar-refractivity contribution in [2.45, 2.75) is 38.1 Å². The minimum absolute atomic E-state index is 0.0630. The Labute approximate surface area is 89.0 Å². The molecule has 1 aliphatic heterocycles. The molecule has 0 amide bonds. The van der Waals surface area contributed by atoms with Crippen LogP contribution in [-0.2, 0) is 11.2 Å². The first kappa shape index (κ1) is 10.6. The Kier molecular flexibility index (Phi) is 3.33. The van der Waals surface area contributed by atoms with Gasteiger partial charge in [-0.05, 0) is 19.8 Å². The highest BCUT2D eigenvalue weighted by atomic mass is 16.5. The van der Waals surface area contributed by atoms with Crippen molar-refractivity contribution >= 4 is 0 Å². The van der Waals surface area contributed by atoms with Crippen molar-refractivity contribution in [3.05, 3.63) is 11.7 Å². The van der Waals surface area contributed by atoms with Crippen LogP contribution in [0.25, 0.3) is 0 Å². The van der Waals surface area contributed by atoms with Gasteiger partial charge in [0.1, 0.15) is 0 Å². The van der Waals surface area contributed by atoms with Crippen molar-refractivity contribution in [3.8, 4) is 0 Å². The van der Waals surface area contributed by atoms with Crippen LogP contribution in [0.15, 0.2) is 4.52 Å². The molecule has 2 rings (SSSR count). The molecule has 0 aromatic carbocycles. The van der Waals surface area contributed by atoms with Crippen LogP contribution in [0, 0.1) is 0 Å². The van der Waals surface area contributed by atoms with Crippen LogP contribution in [0.3, 0.4) is 0 Å². The number of nitrogens with two attached hydrogens (primary N) is 1. The van der Waals surface area contributed by atoms with Crippen molar-refractivity contribution < 1.29 is 9.26 Å². The predicted octanol–water partition coefficient (Wildman–Crippen LogP) is 0.853. The molecule has 1 unspecified atom stereocenters. The summed E-state index contributed by atoms with van der Waals surface area (Å²) in [6, 6.07) is 0.0630. The van der Waals surface area contributed by atoms with E-state index in [0.717, 1.165) is 31.9 Å². The maximum atomic E-state index is 5.66. The van der Waals surface area contributed by atoms with Gasteiger partial charge in [0.2, 0.25) is 5.89 Å². The summed E-state index contributed by atoms with van der Waals surface area (Å²) in [4.78, 5) is 4.36. The zero-order valence-electron chi connectivity index (χ0n) is 8.98. The van der Waals surface area contributed by atoms with Crippen molar-refractivity contribution in [1.29, 1.82) is 0 Å². The number of hydrogen-bond donors (Lipinski definition) is 1. The van der Waals surface area contributed by atoms with E-state index in [9.17, 15) is 0 Å². The molecule has 15 heavy (non-hydrogen) atoms. The van der Waals surface area contributed by atoms with Gasteiger partial charge < -0.3 is 15.0 Å². The van der Waals surface area contributed by atoms with Gasteiger partial charge in [-0.15, -0.1) is 0 Å². The number of nitrogens with zero attached hydrogens (tertiary/aromatic N) is 2. The Morgan fingerprint density at radius 2 is 2.20 bits per heavy atom. The Balaban J connectivity index is 1.99. The molecule has 1 aromatic heterocycles. The second kappa shape index (κ2) is 4.72. The van der Waals surface area contributed by atoms with Crippen molar-refractivity contribution in [1.82, 2.24) is 10.1 Å². The lowest BCUT2D eigenvalue weighted by Gasteiger charge is -2.18. The third-order valence-corrected chi connectivity index (χ3v) is 2.57. The third-order valence-electron chi connectivity index (χ3n) is 2.57. The van der Waals surface area contributed by atoms with E-state index in [4.69, 9.17) is 15.0 Å². The van der Waals surface area contributed by atoms with E-state index >= 15 is 0 Å². The topological polar surface area (TPSA) is 74.2 Å². The average molecular weight is 211 g/mol. The van der Waals surface area contributed by atoms with E-state index in [2.05, 4.69) is 10.1 Å². The summed E-state index contributed by atoms with van der Waals surface area (Å²) in [5, 5.41) is 4.00. The van der Waals surface area contributed by atoms with E-state index in [1.54, 1.807) is 0 Å². The smallest absolute Gasteiger partial charge is 0.228 e. The molecule has 1 aromatic rings. The van der Waals surface area contributed by atoms with Crippen LogP contribution in [0.4, 0.5) is 0 Å². The summed E-state index contributed by atoms with van der Waals surface area (Å²) in [7, 11) is 0. The van der Waals surface area contributed by atoms with Gasteiger partial charge in [0.15, 0.2) is 5.82 Å². The van der Waals surface area contributed by atoms with E-state index in [1.807, 2.05) is 6.92 Å². The SMILES string of the molecule is CC(N)Cc1nc(C2CCOCC2)no1. The molecule has 1 saturated heterocycles. The number of hydrogen-bond acceptors (Lipinski definition) is 5. The molecule has 5 nitrogen and oxygen atoms in total. The zero-order chi connectivity index (χ0) is 10.7. The molecular formula is C10H17N3O2. The largest absolute Gasteiger partial charge is 0.381 e. The lowest BCUT2D eigenvalue weighted by atomic mass is 10.00. The molecule has 84 valence electrons. The molecule has 2 N–H and O–H groups in total. The Hall–Kier alpha value is -0.940. The minimum Gasteiger partial charge on any atom is -0.381 e. The van der Waals surface area contributed by atoms with Crippen molar-refractivity contribution in [2.75, 3.05) is 13.2 Å². The summed E-state index contributed by atoms with van der Waals surface area (Å²) in [5.74, 6) is 1.85. The molecule has 5 heteroatoms. The molecular weight excluding hydrogens is 194 g/mol. The van der Waals surface area contributed by atoms with Gasteiger partial charge in [-0.2, -0.15) is 4.98 Å². The van der Waals surface area contributed by atoms with E-state index < -0.39 is 0 Å². The minimum atomic E-state index is 0.0630. The average Bonchev–Trinajstić information content (AvgIpc) is 2.67. The first-order valence-corrected chi connectivity index (χ1v) is 5.41. The molecule has 1 atom stereocenters. The summed E-state index contributed by atoms with van der Waals surface area (Å²) < 4.78 is 10.4. The number of aromatic nitrogens is 2. The van der Waals surface area contributed by atoms with Crippen LogP contribution >= 0.6 is 0 Å². The van der Waals surface area contributed by atoms with E-state index in [-0.39, 0.29) is 6.04 Å². The Bertz CT molecular complexity index is 305. The van der Waals surface area contributed by atoms with Crippen LogP contribution < -0.4 is 5.73 Å². The highest BCUT2D eigenvalue weighted by Gasteiger charge is 2.21. The third kappa shape index (κ3) is 2.76. The predicted molar refractivity (Wildman–Crippen MR) is 54.4 cm³/mol. The van der Waals surface area contributed by atoms with Crippen LogP contribution in [0.5, 0.6) is 0 Å². The molecule has 0 bridgehead atoms. The van der Waals surface area contributed by atoms with Crippen molar-refractivity contribution in [2.24, 2.45) is 5.73 Å². The monoisotopic (exact) mass is 211 g/mol. The van der Waals surface area contributed by atoms with Crippen molar-refractivity contribution in [3.63, 3.8) is 0 Å². The number of ether oxygens (including phenoxy) is 1. The summed E-state index contributed by atoms with van der Waals surface area (Å²) >= 11 is 0. The lowest BCUT2D eigenvalue weighted by Crippen LogP contribution is -2.18. The highest BCUT2D eigenvalue weighted by Crippen LogP contribution is 2.24. The van der Waals surface area contributed by atoms with Gasteiger partial charge >= 0.3 is 0 Å². The van der Waals surface area contributed by atoms with Gasteiger partial charge in [-0.3, -0.25) is 0 Å². The fourth-order valence-corrected chi connectivity index (χ4v) is 1.75. The van der Waals surface area contributed by atoms with Crippen LogP contribution in [0.2, 0.25) is 0 Å². The second-order valence-electron chi connectivity index (χ2n) is 4.11. The standard InChI is InChI=1S/C10H17N3O2/c1-7(11)6-9-12-10(13-15-9)8-2-4-14-5-3-8/h7-8H,2-6,11H2,1H3. The highest BCUT2D eigenvalue weighted by molar-refractivity contribution is 4.97. The Morgan fingerprint density at radius 3 is 2.87 bits per heavy atom. The van der Waals surface area contributed by atoms with Gasteiger partial charge in [-0.1, -0.05) is 5.16 Å². The van der Waals surface area contributed by atoms with Gasteiger partial charge in [0, 0.05) is 31.6 Å². The fraction of sp³-hybridized carbons (Fsp3) is 0.800. The van der Waals surface area contributed by atoms with E-state index in [1.165, 1.54) is 0 Å². The molecule has 2 heterocycles. The second-order valence-corrected chi connectivity index (χ2v) is 4.11. The summed E-state index contributed by atoms with van der Waals surface area (Å²) in [6.07, 6.45) is 2.62. The normalized spacial score (nSPS) is 20.4. The summed E-state index contributed by atoms with van der Waals surface area (Å²) in [6.45, 7) is 3.52. The van der Waals surface area contributed by atoms with Gasteiger partial charge in [-0.25, -0.2) is 0 Å². The Morgan fingerprint density at radius 1 is 1.47 bits per heavy atom. The van der Waals surface area contributed by atoms with Crippen LogP contribution in [-0.4, -0.2) is 29.4 Å². The van der Waals surface area contributed by atoms with Gasteiger partial charge in [0.05, 0.1) is 0 Å². The number of rotatable bonds is 3. The molecule has 0 spiro atoms. The van der Waals surface area contributed by atoms with E-state index in [0.29, 0.717) is 18.2 Å². The molecule has 1 fully saturated rings. The quantitative estimate of drug-likeness (QED) is 0.802. The summed E-state index contributed by atoms with van der Waals surface area (Å²) in [5.41, 5.74) is 5.66. The lowest BCUT2D eigenvalue weighted by molar-refractivity contribution is 0.0830. The fourth-order valence-electron chi connectivity index (χ4n) is 1.75. The first-order valence-electron chi connectivity index (χ1n) is 5.41. The maximum absolute atomic E-state index is 5.66. The first-order chi connectivity index (χ1) is 7.25. The molecule has 1 aliphatic rings. The zero-order valence-corrected chi connectivity index (χ0v) is 8.98. The maximum Gasteiger partial charge on any atom is 0.228 e. The van der Waals surface area contributed by atoms with Gasteiger partial charge in [0.25, 0.3) is 0 Å². The molecule has 0 aliphatic carbocycles.